The fraction of sp³-hybridized carbons (Fsp3) is 0.833. The molecule has 2 saturated heterocycles. The molecule has 2 aliphatic rings. The molecule has 0 radical (unpaired) electrons. The highest BCUT2D eigenvalue weighted by molar-refractivity contribution is 7.99. The van der Waals surface area contributed by atoms with Crippen molar-refractivity contribution < 1.29 is 19.4 Å². The largest absolute Gasteiger partial charge is 0.481 e. The Balaban J connectivity index is 1.86. The molecule has 3 N–H and O–H groups in total. The number of aliphatic carboxylic acids is 1. The number of carbonyl (C=O) groups is 2. The Kier molecular flexibility index (Phi) is 4.70. The van der Waals surface area contributed by atoms with E-state index in [1.807, 2.05) is 11.8 Å². The van der Waals surface area contributed by atoms with Crippen LogP contribution in [0.15, 0.2) is 0 Å². The first-order valence-electron chi connectivity index (χ1n) is 6.44. The first-order valence-corrected chi connectivity index (χ1v) is 7.59. The van der Waals surface area contributed by atoms with Crippen LogP contribution < -0.4 is 10.6 Å². The molecule has 0 aliphatic carbocycles. The summed E-state index contributed by atoms with van der Waals surface area (Å²) in [6.07, 6.45) is 0.388. The molecule has 0 saturated carbocycles. The Morgan fingerprint density at radius 3 is 3.00 bits per heavy atom. The molecule has 0 aromatic rings. The van der Waals surface area contributed by atoms with E-state index in [0.29, 0.717) is 6.42 Å². The van der Waals surface area contributed by atoms with Gasteiger partial charge in [-0.2, -0.15) is 11.8 Å². The standard InChI is InChI=1S/C12H20N2O4S/c1-12(11(16)17)7-18-5-9(12)14-10(15)4-8-6-19-3-2-13-8/h8-9,13H,2-7H2,1H3,(H,14,15)(H,16,17). The van der Waals surface area contributed by atoms with Gasteiger partial charge in [0.15, 0.2) is 0 Å². The van der Waals surface area contributed by atoms with Crippen LogP contribution in [0.2, 0.25) is 0 Å². The Morgan fingerprint density at radius 2 is 2.37 bits per heavy atom. The normalized spacial score (nSPS) is 35.0. The van der Waals surface area contributed by atoms with Crippen LogP contribution in [0.5, 0.6) is 0 Å². The van der Waals surface area contributed by atoms with E-state index >= 15 is 0 Å². The predicted octanol–water partition coefficient (Wildman–Crippen LogP) is -0.313. The van der Waals surface area contributed by atoms with Crippen LogP contribution >= 0.6 is 11.8 Å². The second-order valence-corrected chi connectivity index (χ2v) is 6.44. The fourth-order valence-electron chi connectivity index (χ4n) is 2.31. The number of thioether (sulfide) groups is 1. The fourth-order valence-corrected chi connectivity index (χ4v) is 3.26. The number of ether oxygens (including phenoxy) is 1. The molecule has 2 fully saturated rings. The lowest BCUT2D eigenvalue weighted by atomic mass is 9.85. The zero-order chi connectivity index (χ0) is 13.9. The summed E-state index contributed by atoms with van der Waals surface area (Å²) in [4.78, 5) is 23.2. The minimum absolute atomic E-state index is 0.108. The minimum atomic E-state index is -1.02. The molecule has 0 aromatic heterocycles. The molecular weight excluding hydrogens is 268 g/mol. The van der Waals surface area contributed by atoms with Crippen molar-refractivity contribution in [1.82, 2.24) is 10.6 Å². The van der Waals surface area contributed by atoms with E-state index in [4.69, 9.17) is 4.74 Å². The number of carbonyl (C=O) groups excluding carboxylic acids is 1. The van der Waals surface area contributed by atoms with E-state index in [2.05, 4.69) is 10.6 Å². The van der Waals surface area contributed by atoms with Gasteiger partial charge >= 0.3 is 5.97 Å². The first-order chi connectivity index (χ1) is 9.02. The van der Waals surface area contributed by atoms with Crippen LogP contribution in [0.25, 0.3) is 0 Å². The minimum Gasteiger partial charge on any atom is -0.481 e. The highest BCUT2D eigenvalue weighted by Gasteiger charge is 2.47. The van der Waals surface area contributed by atoms with Crippen molar-refractivity contribution in [3.8, 4) is 0 Å². The van der Waals surface area contributed by atoms with E-state index in [-0.39, 0.29) is 25.2 Å². The van der Waals surface area contributed by atoms with Crippen molar-refractivity contribution in [2.24, 2.45) is 5.41 Å². The monoisotopic (exact) mass is 288 g/mol. The molecular formula is C12H20N2O4S. The quantitative estimate of drug-likeness (QED) is 0.657. The van der Waals surface area contributed by atoms with E-state index in [9.17, 15) is 14.7 Å². The summed E-state index contributed by atoms with van der Waals surface area (Å²) in [6, 6.07) is -0.272. The third-order valence-electron chi connectivity index (χ3n) is 3.71. The van der Waals surface area contributed by atoms with Crippen LogP contribution in [0, 0.1) is 5.41 Å². The van der Waals surface area contributed by atoms with Gasteiger partial charge in [-0.1, -0.05) is 0 Å². The summed E-state index contributed by atoms with van der Waals surface area (Å²) >= 11 is 1.83. The topological polar surface area (TPSA) is 87.7 Å². The zero-order valence-corrected chi connectivity index (χ0v) is 11.8. The number of carboxylic acid groups (broad SMARTS) is 1. The molecule has 2 rings (SSSR count). The van der Waals surface area contributed by atoms with Crippen molar-refractivity contribution >= 4 is 23.6 Å². The summed E-state index contributed by atoms with van der Waals surface area (Å²) in [5.41, 5.74) is -1.02. The molecule has 2 heterocycles. The van der Waals surface area contributed by atoms with Crippen molar-refractivity contribution in [3.05, 3.63) is 0 Å². The van der Waals surface area contributed by atoms with Crippen molar-refractivity contribution in [1.29, 1.82) is 0 Å². The molecule has 0 bridgehead atoms. The van der Waals surface area contributed by atoms with Crippen LogP contribution in [-0.2, 0) is 14.3 Å². The molecule has 3 atom stereocenters. The molecule has 0 spiro atoms. The van der Waals surface area contributed by atoms with Crippen LogP contribution in [0.3, 0.4) is 0 Å². The SMILES string of the molecule is CC1(C(=O)O)COCC1NC(=O)CC1CSCCN1. The Bertz CT molecular complexity index is 360. The van der Waals surface area contributed by atoms with Gasteiger partial charge in [0.2, 0.25) is 5.91 Å². The number of rotatable bonds is 4. The maximum atomic E-state index is 12.0. The molecule has 3 unspecified atom stereocenters. The van der Waals surface area contributed by atoms with Crippen LogP contribution in [0.4, 0.5) is 0 Å². The number of amides is 1. The van der Waals surface area contributed by atoms with E-state index in [1.54, 1.807) is 6.92 Å². The molecule has 0 aromatic carbocycles. The smallest absolute Gasteiger partial charge is 0.313 e. The number of carboxylic acids is 1. The van der Waals surface area contributed by atoms with E-state index in [1.165, 1.54) is 0 Å². The molecule has 6 nitrogen and oxygen atoms in total. The van der Waals surface area contributed by atoms with Gasteiger partial charge < -0.3 is 20.5 Å². The summed E-state index contributed by atoms with van der Waals surface area (Å²) in [5.74, 6) is 0.959. The second-order valence-electron chi connectivity index (χ2n) is 5.29. The average molecular weight is 288 g/mol. The van der Waals surface area contributed by atoms with E-state index in [0.717, 1.165) is 18.1 Å². The average Bonchev–Trinajstić information content (AvgIpc) is 2.73. The highest BCUT2D eigenvalue weighted by atomic mass is 32.2. The van der Waals surface area contributed by atoms with Gasteiger partial charge in [-0.3, -0.25) is 9.59 Å². The molecule has 2 aliphatic heterocycles. The first kappa shape index (κ1) is 14.6. The molecule has 1 amide bonds. The third-order valence-corrected chi connectivity index (χ3v) is 4.84. The van der Waals surface area contributed by atoms with Crippen molar-refractivity contribution in [2.75, 3.05) is 31.3 Å². The van der Waals surface area contributed by atoms with E-state index < -0.39 is 17.4 Å². The number of hydrogen-bond donors (Lipinski definition) is 3. The highest BCUT2D eigenvalue weighted by Crippen LogP contribution is 2.28. The lowest BCUT2D eigenvalue weighted by Gasteiger charge is -2.27. The van der Waals surface area contributed by atoms with Gasteiger partial charge in [0.1, 0.15) is 5.41 Å². The predicted molar refractivity (Wildman–Crippen MR) is 72.2 cm³/mol. The van der Waals surface area contributed by atoms with Crippen LogP contribution in [0.1, 0.15) is 13.3 Å². The van der Waals surface area contributed by atoms with Gasteiger partial charge in [-0.25, -0.2) is 0 Å². The maximum Gasteiger partial charge on any atom is 0.313 e. The van der Waals surface area contributed by atoms with Crippen molar-refractivity contribution in [3.63, 3.8) is 0 Å². The van der Waals surface area contributed by atoms with Gasteiger partial charge in [0.25, 0.3) is 0 Å². The summed E-state index contributed by atoms with van der Waals surface area (Å²) < 4.78 is 5.21. The lowest BCUT2D eigenvalue weighted by molar-refractivity contribution is -0.149. The Hall–Kier alpha value is -0.790. The summed E-state index contributed by atoms with van der Waals surface area (Å²) in [7, 11) is 0. The summed E-state index contributed by atoms with van der Waals surface area (Å²) in [6.45, 7) is 2.94. The Morgan fingerprint density at radius 1 is 1.58 bits per heavy atom. The Labute approximate surface area is 116 Å². The lowest BCUT2D eigenvalue weighted by Crippen LogP contribution is -2.51. The molecule has 7 heteroatoms. The summed E-state index contributed by atoms with van der Waals surface area (Å²) in [5, 5.41) is 15.3. The number of nitrogens with one attached hydrogen (secondary N) is 2. The van der Waals surface area contributed by atoms with Crippen LogP contribution in [-0.4, -0.2) is 60.3 Å². The third kappa shape index (κ3) is 3.40. The molecule has 108 valence electrons. The van der Waals surface area contributed by atoms with Gasteiger partial charge in [0.05, 0.1) is 19.3 Å². The maximum absolute atomic E-state index is 12.0. The van der Waals surface area contributed by atoms with Gasteiger partial charge in [-0.15, -0.1) is 0 Å². The second kappa shape index (κ2) is 6.11. The van der Waals surface area contributed by atoms with Crippen molar-refractivity contribution in [2.45, 2.75) is 25.4 Å². The van der Waals surface area contributed by atoms with Gasteiger partial charge in [-0.05, 0) is 6.92 Å². The van der Waals surface area contributed by atoms with Gasteiger partial charge in [0, 0.05) is 30.5 Å². The molecule has 19 heavy (non-hydrogen) atoms. The zero-order valence-electron chi connectivity index (χ0n) is 11.0. The number of hydrogen-bond acceptors (Lipinski definition) is 5.